The summed E-state index contributed by atoms with van der Waals surface area (Å²) in [5, 5.41) is 0. The minimum absolute atomic E-state index is 0.200. The number of hydrogen-bond donors (Lipinski definition) is 0. The van der Waals surface area contributed by atoms with Crippen molar-refractivity contribution in [2.24, 2.45) is 7.05 Å². The molecule has 0 saturated carbocycles. The van der Waals surface area contributed by atoms with E-state index in [9.17, 15) is 4.79 Å². The van der Waals surface area contributed by atoms with E-state index in [1.165, 1.54) is 0 Å². The molecule has 0 aliphatic rings. The van der Waals surface area contributed by atoms with Crippen LogP contribution in [0.5, 0.6) is 0 Å². The van der Waals surface area contributed by atoms with Gasteiger partial charge >= 0.3 is 0 Å². The second kappa shape index (κ2) is 5.85. The first-order chi connectivity index (χ1) is 7.54. The largest absolute Gasteiger partial charge is 0.357 e. The van der Waals surface area contributed by atoms with Crippen molar-refractivity contribution in [1.29, 1.82) is 0 Å². The van der Waals surface area contributed by atoms with Crippen LogP contribution in [0.15, 0.2) is 18.5 Å². The second-order valence-corrected chi connectivity index (χ2v) is 4.54. The molecule has 0 fully saturated rings. The molecule has 90 valence electrons. The number of carbonyl (C=O) groups excluding carboxylic acids is 1. The van der Waals surface area contributed by atoms with Crippen molar-refractivity contribution in [3.05, 3.63) is 24.0 Å². The van der Waals surface area contributed by atoms with E-state index >= 15 is 0 Å². The molecule has 0 N–H and O–H groups in total. The van der Waals surface area contributed by atoms with Crippen molar-refractivity contribution in [3.8, 4) is 0 Å². The predicted molar refractivity (Wildman–Crippen MR) is 66.7 cm³/mol. The van der Waals surface area contributed by atoms with Gasteiger partial charge in [0.25, 0.3) is 0 Å². The molecule has 0 aliphatic carbocycles. The smallest absolute Gasteiger partial charge is 0.178 e. The summed E-state index contributed by atoms with van der Waals surface area (Å²) in [4.78, 5) is 14.0. The van der Waals surface area contributed by atoms with Gasteiger partial charge in [-0.3, -0.25) is 9.69 Å². The van der Waals surface area contributed by atoms with Crippen LogP contribution in [-0.4, -0.2) is 34.9 Å². The first-order valence-corrected chi connectivity index (χ1v) is 5.90. The second-order valence-electron chi connectivity index (χ2n) is 4.54. The number of Topliss-reactive ketones (excluding diaryl/α,β-unsaturated/α-hetero) is 1. The fourth-order valence-corrected chi connectivity index (χ4v) is 1.78. The molecule has 1 aromatic rings. The Balaban J connectivity index is 2.51. The van der Waals surface area contributed by atoms with Gasteiger partial charge in [0.05, 0.1) is 6.54 Å². The Hall–Kier alpha value is -1.09. The third kappa shape index (κ3) is 3.49. The number of aromatic nitrogens is 1. The summed E-state index contributed by atoms with van der Waals surface area (Å²) >= 11 is 0. The molecule has 0 radical (unpaired) electrons. The third-order valence-corrected chi connectivity index (χ3v) is 3.01. The summed E-state index contributed by atoms with van der Waals surface area (Å²) in [6.07, 6.45) is 6.08. The lowest BCUT2D eigenvalue weighted by molar-refractivity contribution is 0.0921. The molecule has 16 heavy (non-hydrogen) atoms. The number of aryl methyl sites for hydroxylation is 1. The number of likely N-dealkylation sites (N-methyl/N-ethyl adjacent to an activating group) is 1. The number of carbonyl (C=O) groups is 1. The third-order valence-electron chi connectivity index (χ3n) is 3.01. The van der Waals surface area contributed by atoms with Gasteiger partial charge in [0.2, 0.25) is 0 Å². The molecule has 3 heteroatoms. The van der Waals surface area contributed by atoms with Crippen molar-refractivity contribution in [1.82, 2.24) is 9.47 Å². The fraction of sp³-hybridized carbons (Fsp3) is 0.615. The van der Waals surface area contributed by atoms with Gasteiger partial charge in [-0.25, -0.2) is 0 Å². The van der Waals surface area contributed by atoms with Crippen LogP contribution in [0, 0.1) is 0 Å². The zero-order chi connectivity index (χ0) is 12.1. The molecule has 0 amide bonds. The first kappa shape index (κ1) is 13.0. The first-order valence-electron chi connectivity index (χ1n) is 5.90. The molecule has 0 aromatic carbocycles. The van der Waals surface area contributed by atoms with Crippen LogP contribution >= 0.6 is 0 Å². The highest BCUT2D eigenvalue weighted by Crippen LogP contribution is 2.07. The molecule has 1 atom stereocenters. The molecule has 1 unspecified atom stereocenters. The Morgan fingerprint density at radius 2 is 2.25 bits per heavy atom. The van der Waals surface area contributed by atoms with E-state index in [0.29, 0.717) is 12.6 Å². The lowest BCUT2D eigenvalue weighted by Gasteiger charge is -2.23. The minimum atomic E-state index is 0.200. The van der Waals surface area contributed by atoms with E-state index in [1.807, 2.05) is 37.1 Å². The van der Waals surface area contributed by atoms with Crippen LogP contribution in [0.2, 0.25) is 0 Å². The van der Waals surface area contributed by atoms with Crippen LogP contribution in [0.4, 0.5) is 0 Å². The molecule has 1 heterocycles. The highest BCUT2D eigenvalue weighted by Gasteiger charge is 2.14. The van der Waals surface area contributed by atoms with Crippen LogP contribution < -0.4 is 0 Å². The molecule has 0 aliphatic heterocycles. The Labute approximate surface area is 98.1 Å². The zero-order valence-electron chi connectivity index (χ0n) is 10.7. The number of rotatable bonds is 6. The van der Waals surface area contributed by atoms with Gasteiger partial charge in [-0.05, 0) is 26.5 Å². The van der Waals surface area contributed by atoms with E-state index in [2.05, 4.69) is 18.7 Å². The Morgan fingerprint density at radius 1 is 1.56 bits per heavy atom. The maximum atomic E-state index is 11.9. The highest BCUT2D eigenvalue weighted by molar-refractivity contribution is 5.97. The van der Waals surface area contributed by atoms with E-state index < -0.39 is 0 Å². The SMILES string of the molecule is CCCC(C)N(C)CC(=O)c1ccn(C)c1. The normalized spacial score (nSPS) is 13.1. The Morgan fingerprint density at radius 3 is 2.75 bits per heavy atom. The Bertz CT molecular complexity index is 343. The summed E-state index contributed by atoms with van der Waals surface area (Å²) in [6, 6.07) is 2.35. The maximum Gasteiger partial charge on any atom is 0.178 e. The van der Waals surface area contributed by atoms with Crippen LogP contribution in [0.3, 0.4) is 0 Å². The van der Waals surface area contributed by atoms with Gasteiger partial charge in [0.1, 0.15) is 0 Å². The van der Waals surface area contributed by atoms with Crippen LogP contribution in [-0.2, 0) is 7.05 Å². The van der Waals surface area contributed by atoms with Gasteiger partial charge < -0.3 is 4.57 Å². The quantitative estimate of drug-likeness (QED) is 0.690. The average molecular weight is 222 g/mol. The van der Waals surface area contributed by atoms with Gasteiger partial charge in [-0.1, -0.05) is 13.3 Å². The average Bonchev–Trinajstić information content (AvgIpc) is 2.65. The summed E-state index contributed by atoms with van der Waals surface area (Å²) in [5.41, 5.74) is 0.804. The van der Waals surface area contributed by atoms with Crippen molar-refractivity contribution in [3.63, 3.8) is 0 Å². The van der Waals surface area contributed by atoms with Gasteiger partial charge in [-0.2, -0.15) is 0 Å². The lowest BCUT2D eigenvalue weighted by Crippen LogP contribution is -2.33. The lowest BCUT2D eigenvalue weighted by atomic mass is 10.1. The van der Waals surface area contributed by atoms with Crippen LogP contribution in [0.1, 0.15) is 37.0 Å². The summed E-state index contributed by atoms with van der Waals surface area (Å²) in [5.74, 6) is 0.200. The summed E-state index contributed by atoms with van der Waals surface area (Å²) in [7, 11) is 3.95. The standard InChI is InChI=1S/C13H22N2O/c1-5-6-11(2)15(4)10-13(16)12-7-8-14(3)9-12/h7-9,11H,5-6,10H2,1-4H3. The topological polar surface area (TPSA) is 25.2 Å². The van der Waals surface area contributed by atoms with Crippen molar-refractivity contribution in [2.75, 3.05) is 13.6 Å². The van der Waals surface area contributed by atoms with E-state index in [4.69, 9.17) is 0 Å². The molecule has 1 aromatic heterocycles. The predicted octanol–water partition coefficient (Wildman–Crippen LogP) is 2.33. The molecule has 3 nitrogen and oxygen atoms in total. The van der Waals surface area contributed by atoms with E-state index in [-0.39, 0.29) is 5.78 Å². The monoisotopic (exact) mass is 222 g/mol. The number of hydrogen-bond acceptors (Lipinski definition) is 2. The summed E-state index contributed by atoms with van der Waals surface area (Å²) < 4.78 is 1.91. The zero-order valence-corrected chi connectivity index (χ0v) is 10.7. The molecule has 0 saturated heterocycles. The van der Waals surface area contributed by atoms with Crippen molar-refractivity contribution >= 4 is 5.78 Å². The van der Waals surface area contributed by atoms with Crippen LogP contribution in [0.25, 0.3) is 0 Å². The fourth-order valence-electron chi connectivity index (χ4n) is 1.78. The molecule has 0 spiro atoms. The number of ketones is 1. The summed E-state index contributed by atoms with van der Waals surface area (Å²) in [6.45, 7) is 4.84. The highest BCUT2D eigenvalue weighted by atomic mass is 16.1. The minimum Gasteiger partial charge on any atom is -0.357 e. The van der Waals surface area contributed by atoms with Crippen molar-refractivity contribution in [2.45, 2.75) is 32.7 Å². The maximum absolute atomic E-state index is 11.9. The van der Waals surface area contributed by atoms with Gasteiger partial charge in [-0.15, -0.1) is 0 Å². The molecular weight excluding hydrogens is 200 g/mol. The van der Waals surface area contributed by atoms with Gasteiger partial charge in [0.15, 0.2) is 5.78 Å². The van der Waals surface area contributed by atoms with E-state index in [0.717, 1.165) is 18.4 Å². The Kier molecular flexibility index (Phi) is 4.74. The van der Waals surface area contributed by atoms with Gasteiger partial charge in [0, 0.05) is 31.0 Å². The molecule has 1 rings (SSSR count). The van der Waals surface area contributed by atoms with Crippen molar-refractivity contribution < 1.29 is 4.79 Å². The van der Waals surface area contributed by atoms with E-state index in [1.54, 1.807) is 0 Å². The number of nitrogens with zero attached hydrogens (tertiary/aromatic N) is 2. The molecular formula is C13H22N2O. The molecule has 0 bridgehead atoms.